The lowest BCUT2D eigenvalue weighted by Crippen LogP contribution is -2.36. The molecule has 28 heavy (non-hydrogen) atoms. The maximum Gasteiger partial charge on any atom is 0.276 e. The Labute approximate surface area is 173 Å². The Balaban J connectivity index is 2.29. The number of amides is 1. The SMILES string of the molecule is COc1ccc(N(Cl)C(=O)C(N=Nc2ccc(C)cc2Cl)C(C)=O)cc1OC. The number of hydrogen-bond donors (Lipinski definition) is 0. The van der Waals surface area contributed by atoms with Crippen LogP contribution in [0.2, 0.25) is 5.02 Å². The summed E-state index contributed by atoms with van der Waals surface area (Å²) in [6.07, 6.45) is 0. The summed E-state index contributed by atoms with van der Waals surface area (Å²) in [5, 5.41) is 8.18. The number of halogens is 2. The van der Waals surface area contributed by atoms with Crippen molar-refractivity contribution in [1.29, 1.82) is 0 Å². The zero-order chi connectivity index (χ0) is 20.8. The smallest absolute Gasteiger partial charge is 0.276 e. The lowest BCUT2D eigenvalue weighted by Gasteiger charge is -2.18. The summed E-state index contributed by atoms with van der Waals surface area (Å²) < 4.78 is 11.1. The number of carbonyl (C=O) groups is 2. The van der Waals surface area contributed by atoms with Gasteiger partial charge in [0.25, 0.3) is 5.91 Å². The molecule has 1 atom stereocenters. The molecule has 0 heterocycles. The zero-order valence-corrected chi connectivity index (χ0v) is 17.3. The summed E-state index contributed by atoms with van der Waals surface area (Å²) in [5.41, 5.74) is 1.58. The number of carbonyl (C=O) groups excluding carboxylic acids is 2. The van der Waals surface area contributed by atoms with Crippen molar-refractivity contribution in [3.05, 3.63) is 47.0 Å². The van der Waals surface area contributed by atoms with Gasteiger partial charge in [0.05, 0.1) is 24.9 Å². The standard InChI is InChI=1S/C19H19Cl2N3O4/c1-11-5-7-15(14(20)9-11)22-23-18(12(2)25)19(26)24(21)13-6-8-16(27-3)17(10-13)28-4/h5-10,18H,1-4H3. The number of ether oxygens (including phenoxy) is 2. The number of azo groups is 1. The fourth-order valence-electron chi connectivity index (χ4n) is 2.30. The Kier molecular flexibility index (Phi) is 7.37. The second-order valence-electron chi connectivity index (χ2n) is 5.84. The van der Waals surface area contributed by atoms with Crippen LogP contribution in [0.1, 0.15) is 12.5 Å². The molecule has 0 spiro atoms. The van der Waals surface area contributed by atoms with E-state index < -0.39 is 17.7 Å². The monoisotopic (exact) mass is 423 g/mol. The molecule has 0 aliphatic rings. The number of methoxy groups -OCH3 is 2. The van der Waals surface area contributed by atoms with Gasteiger partial charge in [-0.2, -0.15) is 10.2 Å². The number of aryl methyl sites for hydroxylation is 1. The molecule has 1 unspecified atom stereocenters. The minimum absolute atomic E-state index is 0.291. The van der Waals surface area contributed by atoms with Crippen molar-refractivity contribution in [3.8, 4) is 11.5 Å². The first-order valence-electron chi connectivity index (χ1n) is 8.17. The van der Waals surface area contributed by atoms with Crippen molar-refractivity contribution in [2.75, 3.05) is 18.6 Å². The first-order valence-corrected chi connectivity index (χ1v) is 8.89. The van der Waals surface area contributed by atoms with E-state index in [1.54, 1.807) is 30.3 Å². The third kappa shape index (κ3) is 4.99. The summed E-state index contributed by atoms with van der Waals surface area (Å²) in [4.78, 5) is 24.7. The van der Waals surface area contributed by atoms with Gasteiger partial charge in [-0.1, -0.05) is 17.7 Å². The summed E-state index contributed by atoms with van der Waals surface area (Å²) >= 11 is 12.3. The molecule has 0 N–H and O–H groups in total. The molecule has 0 aliphatic heterocycles. The van der Waals surface area contributed by atoms with Crippen LogP contribution in [-0.2, 0) is 9.59 Å². The second-order valence-corrected chi connectivity index (χ2v) is 6.59. The average molecular weight is 424 g/mol. The number of Topliss-reactive ketones (excluding diaryl/α,β-unsaturated/α-hetero) is 1. The van der Waals surface area contributed by atoms with Gasteiger partial charge in [-0.15, -0.1) is 0 Å². The quantitative estimate of drug-likeness (QED) is 0.360. The molecule has 0 aromatic heterocycles. The Morgan fingerprint density at radius 1 is 1.07 bits per heavy atom. The molecule has 0 bridgehead atoms. The number of anilines is 1. The van der Waals surface area contributed by atoms with Crippen molar-refractivity contribution in [2.45, 2.75) is 19.9 Å². The lowest BCUT2D eigenvalue weighted by atomic mass is 10.2. The highest BCUT2D eigenvalue weighted by Crippen LogP contribution is 2.33. The Morgan fingerprint density at radius 3 is 2.32 bits per heavy atom. The molecule has 7 nitrogen and oxygen atoms in total. The fraction of sp³-hybridized carbons (Fsp3) is 0.263. The van der Waals surface area contributed by atoms with Gasteiger partial charge in [-0.05, 0) is 43.7 Å². The number of hydrogen-bond acceptors (Lipinski definition) is 6. The van der Waals surface area contributed by atoms with Crippen molar-refractivity contribution in [1.82, 2.24) is 0 Å². The Bertz CT molecular complexity index is 918. The first kappa shape index (κ1) is 21.7. The van der Waals surface area contributed by atoms with E-state index in [0.29, 0.717) is 27.9 Å². The van der Waals surface area contributed by atoms with Gasteiger partial charge in [0.2, 0.25) is 6.04 Å². The van der Waals surface area contributed by atoms with Crippen molar-refractivity contribution in [3.63, 3.8) is 0 Å². The highest BCUT2D eigenvalue weighted by molar-refractivity contribution is 6.39. The minimum Gasteiger partial charge on any atom is -0.493 e. The van der Waals surface area contributed by atoms with Crippen LogP contribution in [0.4, 0.5) is 11.4 Å². The van der Waals surface area contributed by atoms with Crippen LogP contribution < -0.4 is 13.9 Å². The van der Waals surface area contributed by atoms with Crippen LogP contribution >= 0.6 is 23.4 Å². The topological polar surface area (TPSA) is 80.6 Å². The molecule has 148 valence electrons. The number of benzene rings is 2. The highest BCUT2D eigenvalue weighted by atomic mass is 35.5. The maximum atomic E-state index is 12.7. The van der Waals surface area contributed by atoms with E-state index in [1.165, 1.54) is 27.2 Å². The van der Waals surface area contributed by atoms with Gasteiger partial charge in [0, 0.05) is 17.8 Å². The molecular weight excluding hydrogens is 405 g/mol. The maximum absolute atomic E-state index is 12.7. The number of nitrogens with zero attached hydrogens (tertiary/aromatic N) is 3. The van der Waals surface area contributed by atoms with Crippen LogP contribution in [0.15, 0.2) is 46.6 Å². The molecule has 9 heteroatoms. The molecule has 2 rings (SSSR count). The van der Waals surface area contributed by atoms with Crippen LogP contribution in [0.3, 0.4) is 0 Å². The molecule has 0 aliphatic carbocycles. The van der Waals surface area contributed by atoms with E-state index in [1.807, 2.05) is 6.92 Å². The molecule has 0 fully saturated rings. The van der Waals surface area contributed by atoms with E-state index in [9.17, 15) is 9.59 Å². The van der Waals surface area contributed by atoms with Crippen LogP contribution in [0, 0.1) is 6.92 Å². The Morgan fingerprint density at radius 2 is 1.75 bits per heavy atom. The van der Waals surface area contributed by atoms with E-state index in [4.69, 9.17) is 32.9 Å². The van der Waals surface area contributed by atoms with E-state index in [-0.39, 0.29) is 0 Å². The predicted molar refractivity (Wildman–Crippen MR) is 108 cm³/mol. The average Bonchev–Trinajstić information content (AvgIpc) is 2.67. The fourth-order valence-corrected chi connectivity index (χ4v) is 2.77. The zero-order valence-electron chi connectivity index (χ0n) is 15.8. The third-order valence-corrected chi connectivity index (χ3v) is 4.45. The third-order valence-electron chi connectivity index (χ3n) is 3.79. The normalized spacial score (nSPS) is 11.9. The second kappa shape index (κ2) is 9.52. The van der Waals surface area contributed by atoms with Crippen LogP contribution in [0.5, 0.6) is 11.5 Å². The molecule has 2 aromatic carbocycles. The highest BCUT2D eigenvalue weighted by Gasteiger charge is 2.29. The first-order chi connectivity index (χ1) is 13.3. The van der Waals surface area contributed by atoms with Crippen molar-refractivity contribution < 1.29 is 19.1 Å². The summed E-state index contributed by atoms with van der Waals surface area (Å²) in [6.45, 7) is 3.11. The van der Waals surface area contributed by atoms with E-state index in [0.717, 1.165) is 9.98 Å². The van der Waals surface area contributed by atoms with Crippen molar-refractivity contribution in [2.24, 2.45) is 10.2 Å². The van der Waals surface area contributed by atoms with Gasteiger partial charge in [-0.25, -0.2) is 4.42 Å². The summed E-state index contributed by atoms with van der Waals surface area (Å²) in [5.74, 6) is -0.414. The predicted octanol–water partition coefficient (Wildman–Crippen LogP) is 4.89. The summed E-state index contributed by atoms with van der Waals surface area (Å²) in [7, 11) is 2.95. The Hall–Kier alpha value is -2.64. The van der Waals surface area contributed by atoms with Gasteiger partial charge in [-0.3, -0.25) is 9.59 Å². The van der Waals surface area contributed by atoms with Crippen molar-refractivity contribution >= 4 is 46.4 Å². The van der Waals surface area contributed by atoms with Crippen LogP contribution in [-0.4, -0.2) is 32.0 Å². The molecular formula is C19H19Cl2N3O4. The van der Waals surface area contributed by atoms with Gasteiger partial charge >= 0.3 is 0 Å². The minimum atomic E-state index is -1.41. The van der Waals surface area contributed by atoms with Gasteiger partial charge < -0.3 is 9.47 Å². The molecule has 0 saturated carbocycles. The number of rotatable bonds is 7. The molecule has 0 saturated heterocycles. The molecule has 0 radical (unpaired) electrons. The van der Waals surface area contributed by atoms with Crippen LogP contribution in [0.25, 0.3) is 0 Å². The van der Waals surface area contributed by atoms with E-state index >= 15 is 0 Å². The lowest BCUT2D eigenvalue weighted by molar-refractivity contribution is -0.126. The largest absolute Gasteiger partial charge is 0.493 e. The summed E-state index contributed by atoms with van der Waals surface area (Å²) in [6, 6.07) is 8.39. The molecule has 2 aromatic rings. The van der Waals surface area contributed by atoms with Gasteiger partial charge in [0.1, 0.15) is 5.69 Å². The van der Waals surface area contributed by atoms with E-state index in [2.05, 4.69) is 10.2 Å². The molecule has 1 amide bonds. The van der Waals surface area contributed by atoms with Gasteiger partial charge in [0.15, 0.2) is 17.3 Å². The number of ketones is 1.